The number of aliphatic hydroxyl groups excluding tert-OH is 1. The summed E-state index contributed by atoms with van der Waals surface area (Å²) >= 11 is 0. The van der Waals surface area contributed by atoms with E-state index in [1.165, 1.54) is 24.8 Å². The van der Waals surface area contributed by atoms with Gasteiger partial charge >= 0.3 is 0 Å². The summed E-state index contributed by atoms with van der Waals surface area (Å²) in [7, 11) is 0. The minimum absolute atomic E-state index is 0.0153. The van der Waals surface area contributed by atoms with Gasteiger partial charge in [0.2, 0.25) is 0 Å². The molecule has 29 heavy (non-hydrogen) atoms. The Balaban J connectivity index is 1.72. The Morgan fingerprint density at radius 1 is 1.14 bits per heavy atom. The second kappa shape index (κ2) is 10.4. The molecule has 3 N–H and O–H groups in total. The minimum atomic E-state index is -0.185. The molecule has 1 atom stereocenters. The summed E-state index contributed by atoms with van der Waals surface area (Å²) < 4.78 is 19.1. The van der Waals surface area contributed by atoms with Crippen LogP contribution in [0.4, 0.5) is 4.39 Å². The lowest BCUT2D eigenvalue weighted by Crippen LogP contribution is -2.47. The Hall–Kier alpha value is -1.66. The molecule has 2 aliphatic rings. The van der Waals surface area contributed by atoms with E-state index in [2.05, 4.69) is 17.6 Å². The molecular weight excluding hydrogens is 369 g/mol. The molecule has 1 saturated heterocycles. The summed E-state index contributed by atoms with van der Waals surface area (Å²) in [4.78, 5) is 4.85. The first-order valence-electron chi connectivity index (χ1n) is 11.1. The molecule has 1 saturated carbocycles. The monoisotopic (exact) mass is 405 g/mol. The van der Waals surface area contributed by atoms with Crippen LogP contribution < -0.4 is 10.6 Å². The van der Waals surface area contributed by atoms with Gasteiger partial charge in [0, 0.05) is 37.1 Å². The van der Waals surface area contributed by atoms with E-state index >= 15 is 0 Å². The number of benzene rings is 1. The van der Waals surface area contributed by atoms with Crippen LogP contribution in [0.3, 0.4) is 0 Å². The SMILES string of the molecule is CCNC(=NCC1(CCO)CCOC1)NCC1(c2ccc(F)cc2)CCCCC1. The van der Waals surface area contributed by atoms with Crippen molar-refractivity contribution in [2.75, 3.05) is 39.5 Å². The van der Waals surface area contributed by atoms with E-state index in [-0.39, 0.29) is 23.3 Å². The molecular formula is C23H36FN3O2. The van der Waals surface area contributed by atoms with Crippen molar-refractivity contribution in [3.63, 3.8) is 0 Å². The highest BCUT2D eigenvalue weighted by Gasteiger charge is 2.36. The molecule has 1 aromatic rings. The molecule has 0 amide bonds. The van der Waals surface area contributed by atoms with E-state index in [0.717, 1.165) is 51.3 Å². The molecule has 1 unspecified atom stereocenters. The molecule has 6 heteroatoms. The molecule has 0 spiro atoms. The van der Waals surface area contributed by atoms with Crippen molar-refractivity contribution in [3.05, 3.63) is 35.6 Å². The van der Waals surface area contributed by atoms with Gasteiger partial charge in [-0.25, -0.2) is 4.39 Å². The number of aliphatic hydroxyl groups is 1. The second-order valence-corrected chi connectivity index (χ2v) is 8.67. The minimum Gasteiger partial charge on any atom is -0.396 e. The number of hydrogen-bond donors (Lipinski definition) is 3. The van der Waals surface area contributed by atoms with Crippen molar-refractivity contribution in [3.8, 4) is 0 Å². The second-order valence-electron chi connectivity index (χ2n) is 8.67. The van der Waals surface area contributed by atoms with Crippen LogP contribution in [0.2, 0.25) is 0 Å². The average molecular weight is 406 g/mol. The zero-order chi connectivity index (χ0) is 20.6. The molecule has 5 nitrogen and oxygen atoms in total. The van der Waals surface area contributed by atoms with Crippen LogP contribution in [0.1, 0.15) is 57.4 Å². The first-order valence-corrected chi connectivity index (χ1v) is 11.1. The summed E-state index contributed by atoms with van der Waals surface area (Å²) in [5.41, 5.74) is 1.17. The molecule has 1 aromatic carbocycles. The molecule has 1 heterocycles. The lowest BCUT2D eigenvalue weighted by molar-refractivity contribution is 0.131. The zero-order valence-electron chi connectivity index (χ0n) is 17.7. The summed E-state index contributed by atoms with van der Waals surface area (Å²) in [6, 6.07) is 7.03. The molecule has 0 bridgehead atoms. The van der Waals surface area contributed by atoms with E-state index in [4.69, 9.17) is 9.73 Å². The van der Waals surface area contributed by atoms with Crippen molar-refractivity contribution in [1.29, 1.82) is 0 Å². The number of aliphatic imine (C=N–C) groups is 1. The van der Waals surface area contributed by atoms with E-state index in [1.807, 2.05) is 12.1 Å². The van der Waals surface area contributed by atoms with Crippen molar-refractivity contribution in [2.45, 2.75) is 57.3 Å². The number of ether oxygens (including phenoxy) is 1. The fourth-order valence-electron chi connectivity index (χ4n) is 4.73. The predicted octanol–water partition coefficient (Wildman–Crippen LogP) is 3.37. The molecule has 1 aliphatic heterocycles. The van der Waals surface area contributed by atoms with E-state index in [1.54, 1.807) is 12.1 Å². The van der Waals surface area contributed by atoms with Gasteiger partial charge in [-0.1, -0.05) is 31.4 Å². The molecule has 2 fully saturated rings. The first kappa shape index (κ1) is 22.0. The normalized spacial score (nSPS) is 24.4. The van der Waals surface area contributed by atoms with Gasteiger partial charge in [-0.05, 0) is 50.3 Å². The number of guanidine groups is 1. The third-order valence-electron chi connectivity index (χ3n) is 6.61. The Bertz CT molecular complexity index is 651. The highest BCUT2D eigenvalue weighted by Crippen LogP contribution is 2.39. The lowest BCUT2D eigenvalue weighted by atomic mass is 9.69. The molecule has 162 valence electrons. The number of halogens is 1. The standard InChI is InChI=1S/C23H36FN3O2/c1-2-25-21(26-16-22(12-14-28)13-15-29-18-22)27-17-23(10-4-3-5-11-23)19-6-8-20(24)9-7-19/h6-9,28H,2-5,10-18H2,1H3,(H2,25,26,27). The summed E-state index contributed by atoms with van der Waals surface area (Å²) in [6.45, 7) is 5.86. The maximum Gasteiger partial charge on any atom is 0.191 e. The van der Waals surface area contributed by atoms with E-state index < -0.39 is 0 Å². The van der Waals surface area contributed by atoms with Crippen molar-refractivity contribution in [1.82, 2.24) is 10.6 Å². The zero-order valence-corrected chi connectivity index (χ0v) is 17.7. The van der Waals surface area contributed by atoms with Crippen molar-refractivity contribution < 1.29 is 14.2 Å². The highest BCUT2D eigenvalue weighted by molar-refractivity contribution is 5.79. The Labute approximate surface area is 174 Å². The predicted molar refractivity (Wildman–Crippen MR) is 115 cm³/mol. The number of rotatable bonds is 8. The van der Waals surface area contributed by atoms with Crippen LogP contribution in [-0.2, 0) is 10.2 Å². The first-order chi connectivity index (χ1) is 14.1. The third kappa shape index (κ3) is 5.70. The average Bonchev–Trinajstić information content (AvgIpc) is 3.20. The van der Waals surface area contributed by atoms with Crippen molar-refractivity contribution >= 4 is 5.96 Å². The van der Waals surface area contributed by atoms with Crippen molar-refractivity contribution in [2.24, 2.45) is 10.4 Å². The van der Waals surface area contributed by atoms with Gasteiger partial charge in [0.15, 0.2) is 5.96 Å². The van der Waals surface area contributed by atoms with Gasteiger partial charge in [0.05, 0.1) is 13.2 Å². The lowest BCUT2D eigenvalue weighted by Gasteiger charge is -2.38. The largest absolute Gasteiger partial charge is 0.396 e. The van der Waals surface area contributed by atoms with Gasteiger partial charge in [0.25, 0.3) is 0 Å². The summed E-state index contributed by atoms with van der Waals surface area (Å²) in [5.74, 6) is 0.624. The molecule has 1 aliphatic carbocycles. The third-order valence-corrected chi connectivity index (χ3v) is 6.61. The maximum atomic E-state index is 13.5. The molecule has 0 aromatic heterocycles. The van der Waals surface area contributed by atoms with Crippen LogP contribution in [0.5, 0.6) is 0 Å². The van der Waals surface area contributed by atoms with Gasteiger partial charge < -0.3 is 20.5 Å². The van der Waals surface area contributed by atoms with Crippen LogP contribution >= 0.6 is 0 Å². The van der Waals surface area contributed by atoms with Crippen LogP contribution in [0, 0.1) is 11.2 Å². The van der Waals surface area contributed by atoms with E-state index in [9.17, 15) is 9.50 Å². The summed E-state index contributed by atoms with van der Waals surface area (Å²) in [5, 5.41) is 16.4. The number of nitrogens with zero attached hydrogens (tertiary/aromatic N) is 1. The summed E-state index contributed by atoms with van der Waals surface area (Å²) in [6.07, 6.45) is 7.53. The van der Waals surface area contributed by atoms with Gasteiger partial charge in [-0.2, -0.15) is 0 Å². The Morgan fingerprint density at radius 2 is 1.90 bits per heavy atom. The highest BCUT2D eigenvalue weighted by atomic mass is 19.1. The number of nitrogens with one attached hydrogen (secondary N) is 2. The van der Waals surface area contributed by atoms with E-state index in [0.29, 0.717) is 13.2 Å². The Morgan fingerprint density at radius 3 is 2.52 bits per heavy atom. The quantitative estimate of drug-likeness (QED) is 0.458. The smallest absolute Gasteiger partial charge is 0.191 e. The maximum absolute atomic E-state index is 13.5. The Kier molecular flexibility index (Phi) is 7.90. The number of hydrogen-bond acceptors (Lipinski definition) is 3. The van der Waals surface area contributed by atoms with Gasteiger partial charge in [-0.3, -0.25) is 4.99 Å². The fourth-order valence-corrected chi connectivity index (χ4v) is 4.73. The van der Waals surface area contributed by atoms with Gasteiger partial charge in [-0.15, -0.1) is 0 Å². The molecule has 3 rings (SSSR count). The topological polar surface area (TPSA) is 65.9 Å². The molecule has 0 radical (unpaired) electrons. The fraction of sp³-hybridized carbons (Fsp3) is 0.696. The van der Waals surface area contributed by atoms with Crippen LogP contribution in [0.25, 0.3) is 0 Å². The van der Waals surface area contributed by atoms with Crippen LogP contribution in [-0.4, -0.2) is 50.5 Å². The van der Waals surface area contributed by atoms with Crippen LogP contribution in [0.15, 0.2) is 29.3 Å². The van der Waals surface area contributed by atoms with Gasteiger partial charge in [0.1, 0.15) is 5.82 Å².